The third kappa shape index (κ3) is 4.57. The van der Waals surface area contributed by atoms with Crippen LogP contribution in [0, 0.1) is 0 Å². The summed E-state index contributed by atoms with van der Waals surface area (Å²) >= 11 is 0. The van der Waals surface area contributed by atoms with Gasteiger partial charge in [-0.2, -0.15) is 0 Å². The summed E-state index contributed by atoms with van der Waals surface area (Å²) in [6, 6.07) is 14.7. The third-order valence-corrected chi connectivity index (χ3v) is 3.84. The highest BCUT2D eigenvalue weighted by Gasteiger charge is 2.19. The van der Waals surface area contributed by atoms with Gasteiger partial charge in [-0.25, -0.2) is 4.79 Å². The van der Waals surface area contributed by atoms with Gasteiger partial charge in [0.2, 0.25) is 0 Å². The summed E-state index contributed by atoms with van der Waals surface area (Å²) in [6.45, 7) is 4.95. The Morgan fingerprint density at radius 3 is 2.43 bits per heavy atom. The number of nitrogens with one attached hydrogen (secondary N) is 1. The van der Waals surface area contributed by atoms with Gasteiger partial charge >= 0.3 is 5.97 Å². The van der Waals surface area contributed by atoms with Gasteiger partial charge in [-0.3, -0.25) is 0 Å². The zero-order chi connectivity index (χ0) is 16.8. The summed E-state index contributed by atoms with van der Waals surface area (Å²) < 4.78 is 0. The zero-order valence-electron chi connectivity index (χ0n) is 13.5. The van der Waals surface area contributed by atoms with E-state index in [9.17, 15) is 15.0 Å². The molecule has 0 heterocycles. The van der Waals surface area contributed by atoms with Gasteiger partial charge in [-0.15, -0.1) is 0 Å². The molecule has 4 nitrogen and oxygen atoms in total. The maximum Gasteiger partial charge on any atom is 0.335 e. The van der Waals surface area contributed by atoms with Crippen LogP contribution in [0.25, 0.3) is 0 Å². The van der Waals surface area contributed by atoms with Crippen LogP contribution in [0.5, 0.6) is 5.75 Å². The molecule has 3 N–H and O–H groups in total. The standard InChI is InChI=1S/C19H23NO3/c1-13(2)20-11-10-16(14-6-4-3-5-7-14)17-12-15(19(22)23)8-9-18(17)21/h3-9,12-13,16,20-21H,10-11H2,1-2H3,(H,22,23). The maximum absolute atomic E-state index is 11.2. The number of rotatable bonds is 7. The Kier molecular flexibility index (Phi) is 5.77. The topological polar surface area (TPSA) is 69.6 Å². The van der Waals surface area contributed by atoms with Crippen molar-refractivity contribution in [2.45, 2.75) is 32.2 Å². The molecule has 0 aliphatic rings. The smallest absolute Gasteiger partial charge is 0.335 e. The Hall–Kier alpha value is -2.33. The maximum atomic E-state index is 11.2. The second-order valence-corrected chi connectivity index (χ2v) is 5.94. The van der Waals surface area contributed by atoms with Crippen molar-refractivity contribution >= 4 is 5.97 Å². The molecule has 2 aromatic carbocycles. The normalized spacial score (nSPS) is 12.3. The molecule has 4 heteroatoms. The number of phenolic OH excluding ortho intramolecular Hbond substituents is 1. The number of phenols is 1. The Balaban J connectivity index is 2.36. The first-order valence-corrected chi connectivity index (χ1v) is 7.83. The molecule has 0 bridgehead atoms. The van der Waals surface area contributed by atoms with Crippen LogP contribution in [0.4, 0.5) is 0 Å². The lowest BCUT2D eigenvalue weighted by Gasteiger charge is -2.20. The summed E-state index contributed by atoms with van der Waals surface area (Å²) in [4.78, 5) is 11.2. The van der Waals surface area contributed by atoms with Crippen molar-refractivity contribution in [1.29, 1.82) is 0 Å². The Bertz CT molecular complexity index is 653. The van der Waals surface area contributed by atoms with Gasteiger partial charge in [0.15, 0.2) is 0 Å². The minimum atomic E-state index is -0.988. The molecule has 0 aromatic heterocycles. The van der Waals surface area contributed by atoms with Gasteiger partial charge in [-0.1, -0.05) is 44.2 Å². The number of benzene rings is 2. The summed E-state index contributed by atoms with van der Waals surface area (Å²) in [5.74, 6) is -0.909. The van der Waals surface area contributed by atoms with Crippen LogP contribution >= 0.6 is 0 Å². The lowest BCUT2D eigenvalue weighted by Crippen LogP contribution is -2.25. The predicted molar refractivity (Wildman–Crippen MR) is 91.1 cm³/mol. The molecule has 2 rings (SSSR count). The molecule has 0 saturated carbocycles. The molecule has 0 saturated heterocycles. The van der Waals surface area contributed by atoms with Crippen molar-refractivity contribution in [2.75, 3.05) is 6.54 Å². The van der Waals surface area contributed by atoms with Crippen LogP contribution in [-0.4, -0.2) is 28.8 Å². The molecule has 0 spiro atoms. The van der Waals surface area contributed by atoms with Gasteiger partial charge in [-0.05, 0) is 36.7 Å². The van der Waals surface area contributed by atoms with E-state index in [0.29, 0.717) is 11.6 Å². The number of aromatic hydroxyl groups is 1. The van der Waals surface area contributed by atoms with Gasteiger partial charge in [0, 0.05) is 17.5 Å². The molecule has 0 fully saturated rings. The van der Waals surface area contributed by atoms with Crippen LogP contribution < -0.4 is 5.32 Å². The van der Waals surface area contributed by atoms with E-state index in [4.69, 9.17) is 0 Å². The zero-order valence-corrected chi connectivity index (χ0v) is 13.5. The van der Waals surface area contributed by atoms with Gasteiger partial charge in [0.1, 0.15) is 5.75 Å². The monoisotopic (exact) mass is 313 g/mol. The molecule has 1 unspecified atom stereocenters. The molecule has 0 aliphatic carbocycles. The lowest BCUT2D eigenvalue weighted by atomic mass is 9.87. The fraction of sp³-hybridized carbons (Fsp3) is 0.316. The molecule has 0 aliphatic heterocycles. The van der Waals surface area contributed by atoms with E-state index in [1.807, 2.05) is 30.3 Å². The first-order chi connectivity index (χ1) is 11.0. The lowest BCUT2D eigenvalue weighted by molar-refractivity contribution is 0.0696. The van der Waals surface area contributed by atoms with E-state index < -0.39 is 5.97 Å². The average molecular weight is 313 g/mol. The van der Waals surface area contributed by atoms with E-state index >= 15 is 0 Å². The Labute approximate surface area is 136 Å². The second-order valence-electron chi connectivity index (χ2n) is 5.94. The highest BCUT2D eigenvalue weighted by Crippen LogP contribution is 2.34. The van der Waals surface area contributed by atoms with Crippen molar-refractivity contribution in [2.24, 2.45) is 0 Å². The first-order valence-electron chi connectivity index (χ1n) is 7.83. The van der Waals surface area contributed by atoms with E-state index in [0.717, 1.165) is 18.5 Å². The number of hydrogen-bond acceptors (Lipinski definition) is 3. The average Bonchev–Trinajstić information content (AvgIpc) is 2.53. The van der Waals surface area contributed by atoms with Crippen molar-refractivity contribution < 1.29 is 15.0 Å². The van der Waals surface area contributed by atoms with Crippen molar-refractivity contribution in [1.82, 2.24) is 5.32 Å². The van der Waals surface area contributed by atoms with E-state index in [1.54, 1.807) is 6.07 Å². The number of aromatic carboxylic acids is 1. The minimum Gasteiger partial charge on any atom is -0.508 e. The SMILES string of the molecule is CC(C)NCCC(c1ccccc1)c1cc(C(=O)O)ccc1O. The molecular weight excluding hydrogens is 290 g/mol. The number of hydrogen-bond donors (Lipinski definition) is 3. The van der Waals surface area contributed by atoms with Crippen LogP contribution in [0.3, 0.4) is 0 Å². The van der Waals surface area contributed by atoms with Gasteiger partial charge in [0.05, 0.1) is 5.56 Å². The van der Waals surface area contributed by atoms with E-state index in [-0.39, 0.29) is 17.2 Å². The molecule has 2 aromatic rings. The van der Waals surface area contributed by atoms with Crippen molar-refractivity contribution in [3.8, 4) is 5.75 Å². The highest BCUT2D eigenvalue weighted by molar-refractivity contribution is 5.88. The summed E-state index contributed by atoms with van der Waals surface area (Å²) in [7, 11) is 0. The van der Waals surface area contributed by atoms with Crippen molar-refractivity contribution in [3.63, 3.8) is 0 Å². The fourth-order valence-corrected chi connectivity index (χ4v) is 2.67. The van der Waals surface area contributed by atoms with Crippen LogP contribution in [-0.2, 0) is 0 Å². The molecule has 0 amide bonds. The minimum absolute atomic E-state index is 0.0539. The highest BCUT2D eigenvalue weighted by atomic mass is 16.4. The fourth-order valence-electron chi connectivity index (χ4n) is 2.67. The first kappa shape index (κ1) is 17.0. The van der Waals surface area contributed by atoms with Crippen LogP contribution in [0.15, 0.2) is 48.5 Å². The summed E-state index contributed by atoms with van der Waals surface area (Å²) in [6.07, 6.45) is 0.777. The molecule has 1 atom stereocenters. The second kappa shape index (κ2) is 7.79. The Morgan fingerprint density at radius 2 is 1.83 bits per heavy atom. The molecule has 122 valence electrons. The third-order valence-electron chi connectivity index (χ3n) is 3.84. The quantitative estimate of drug-likeness (QED) is 0.730. The molecular formula is C19H23NO3. The number of carboxylic acids is 1. The van der Waals surface area contributed by atoms with E-state index in [1.165, 1.54) is 12.1 Å². The molecule has 23 heavy (non-hydrogen) atoms. The van der Waals surface area contributed by atoms with Crippen LogP contribution in [0.2, 0.25) is 0 Å². The largest absolute Gasteiger partial charge is 0.508 e. The van der Waals surface area contributed by atoms with E-state index in [2.05, 4.69) is 19.2 Å². The number of carboxylic acid groups (broad SMARTS) is 1. The van der Waals surface area contributed by atoms with Gasteiger partial charge in [0.25, 0.3) is 0 Å². The Morgan fingerprint density at radius 1 is 1.13 bits per heavy atom. The van der Waals surface area contributed by atoms with Crippen LogP contribution in [0.1, 0.15) is 47.7 Å². The molecule has 0 radical (unpaired) electrons. The predicted octanol–water partition coefficient (Wildman–Crippen LogP) is 3.61. The number of carbonyl (C=O) groups is 1. The summed E-state index contributed by atoms with van der Waals surface area (Å²) in [5, 5.41) is 22.8. The van der Waals surface area contributed by atoms with Gasteiger partial charge < -0.3 is 15.5 Å². The summed E-state index contributed by atoms with van der Waals surface area (Å²) in [5.41, 5.74) is 1.91. The van der Waals surface area contributed by atoms with Crippen molar-refractivity contribution in [3.05, 3.63) is 65.2 Å².